The summed E-state index contributed by atoms with van der Waals surface area (Å²) in [6.45, 7) is 8.70. The second-order valence-corrected chi connectivity index (χ2v) is 8.23. The molecule has 5 rings (SSSR count). The van der Waals surface area contributed by atoms with Crippen LogP contribution >= 0.6 is 0 Å². The lowest BCUT2D eigenvalue weighted by molar-refractivity contribution is 0.180. The fraction of sp³-hybridized carbons (Fsp3) is 0.500. The normalized spacial score (nSPS) is 23.8. The molecule has 3 aliphatic rings. The van der Waals surface area contributed by atoms with Crippen LogP contribution in [0.15, 0.2) is 42.0 Å². The molecule has 28 heavy (non-hydrogen) atoms. The largest absolute Gasteiger partial charge is 0.352 e. The first-order chi connectivity index (χ1) is 13.8. The Morgan fingerprint density at radius 2 is 1.93 bits per heavy atom. The zero-order valence-electron chi connectivity index (χ0n) is 16.3. The number of halogens is 1. The van der Waals surface area contributed by atoms with E-state index in [1.165, 1.54) is 31.5 Å². The Balaban J connectivity index is 1.13. The van der Waals surface area contributed by atoms with Gasteiger partial charge in [-0.15, -0.1) is 0 Å². The molecule has 3 heterocycles. The summed E-state index contributed by atoms with van der Waals surface area (Å²) >= 11 is 0. The van der Waals surface area contributed by atoms with E-state index in [9.17, 15) is 4.39 Å². The van der Waals surface area contributed by atoms with E-state index >= 15 is 0 Å². The minimum Gasteiger partial charge on any atom is -0.352 e. The average Bonchev–Trinajstić information content (AvgIpc) is 3.15. The summed E-state index contributed by atoms with van der Waals surface area (Å²) in [5, 5.41) is 8.41. The lowest BCUT2D eigenvalue weighted by Gasteiger charge is -2.38. The lowest BCUT2D eigenvalue weighted by atomic mass is 9.85. The van der Waals surface area contributed by atoms with Gasteiger partial charge in [-0.2, -0.15) is 5.10 Å². The van der Waals surface area contributed by atoms with Crippen LogP contribution in [0.25, 0.3) is 10.9 Å². The molecule has 0 saturated carbocycles. The standard InChI is InChI=1S/C22H28FN5/c23-19-5-6-20-21(15-19)24-25-22(20)28-13-11-26(12-14-28)9-10-27-8-7-17-3-1-2-4-18(17)16-27/h1-2,4-6,15,17H,3,7-14,16H2,(H,24,25). The Hall–Kier alpha value is -2.18. The second-order valence-electron chi connectivity index (χ2n) is 8.23. The summed E-state index contributed by atoms with van der Waals surface area (Å²) in [4.78, 5) is 7.49. The molecule has 1 aliphatic carbocycles. The maximum atomic E-state index is 13.4. The lowest BCUT2D eigenvalue weighted by Crippen LogP contribution is -2.49. The van der Waals surface area contributed by atoms with E-state index in [4.69, 9.17) is 0 Å². The van der Waals surface area contributed by atoms with Crippen molar-refractivity contribution in [3.63, 3.8) is 0 Å². The maximum Gasteiger partial charge on any atom is 0.158 e. The predicted molar refractivity (Wildman–Crippen MR) is 111 cm³/mol. The van der Waals surface area contributed by atoms with Gasteiger partial charge in [0.15, 0.2) is 5.82 Å². The zero-order valence-corrected chi connectivity index (χ0v) is 16.3. The van der Waals surface area contributed by atoms with Gasteiger partial charge in [0.05, 0.1) is 5.52 Å². The van der Waals surface area contributed by atoms with Gasteiger partial charge < -0.3 is 4.90 Å². The molecule has 6 heteroatoms. The van der Waals surface area contributed by atoms with Crippen molar-refractivity contribution in [1.29, 1.82) is 0 Å². The van der Waals surface area contributed by atoms with E-state index in [2.05, 4.69) is 43.1 Å². The zero-order chi connectivity index (χ0) is 18.9. The molecule has 0 amide bonds. The highest BCUT2D eigenvalue weighted by Crippen LogP contribution is 2.29. The Morgan fingerprint density at radius 3 is 2.82 bits per heavy atom. The summed E-state index contributed by atoms with van der Waals surface area (Å²) in [6.07, 6.45) is 9.40. The summed E-state index contributed by atoms with van der Waals surface area (Å²) < 4.78 is 13.4. The predicted octanol–water partition coefficient (Wildman–Crippen LogP) is 3.03. The van der Waals surface area contributed by atoms with Crippen LogP contribution in [-0.4, -0.2) is 72.4 Å². The highest BCUT2D eigenvalue weighted by atomic mass is 19.1. The van der Waals surface area contributed by atoms with Crippen molar-refractivity contribution >= 4 is 16.7 Å². The number of nitrogens with zero attached hydrogens (tertiary/aromatic N) is 4. The van der Waals surface area contributed by atoms with Gasteiger partial charge in [0, 0.05) is 51.2 Å². The summed E-state index contributed by atoms with van der Waals surface area (Å²) in [5.41, 5.74) is 2.40. The number of aromatic amines is 1. The first-order valence-electron chi connectivity index (χ1n) is 10.4. The first kappa shape index (κ1) is 17.9. The SMILES string of the molecule is Fc1ccc2c(N3CCN(CCN4CCC5CC=CC=C5C4)CC3)n[nH]c2c1. The van der Waals surface area contributed by atoms with E-state index < -0.39 is 0 Å². The molecule has 1 atom stereocenters. The van der Waals surface area contributed by atoms with Crippen LogP contribution in [0.1, 0.15) is 12.8 Å². The number of nitrogens with one attached hydrogen (secondary N) is 1. The maximum absolute atomic E-state index is 13.4. The van der Waals surface area contributed by atoms with Crippen LogP contribution in [0.2, 0.25) is 0 Å². The van der Waals surface area contributed by atoms with Gasteiger partial charge in [0.25, 0.3) is 0 Å². The van der Waals surface area contributed by atoms with E-state index in [1.807, 2.05) is 6.07 Å². The van der Waals surface area contributed by atoms with Crippen molar-refractivity contribution in [3.8, 4) is 0 Å². The molecule has 148 valence electrons. The third-order valence-corrected chi connectivity index (χ3v) is 6.50. The van der Waals surface area contributed by atoms with Gasteiger partial charge in [0.1, 0.15) is 5.82 Å². The van der Waals surface area contributed by atoms with Crippen LogP contribution in [-0.2, 0) is 0 Å². The highest BCUT2D eigenvalue weighted by Gasteiger charge is 2.25. The minimum atomic E-state index is -0.225. The molecule has 1 aromatic carbocycles. The number of hydrogen-bond acceptors (Lipinski definition) is 4. The number of likely N-dealkylation sites (tertiary alicyclic amines) is 1. The van der Waals surface area contributed by atoms with E-state index in [-0.39, 0.29) is 5.82 Å². The number of benzene rings is 1. The highest BCUT2D eigenvalue weighted by molar-refractivity contribution is 5.90. The van der Waals surface area contributed by atoms with Crippen molar-refractivity contribution in [1.82, 2.24) is 20.0 Å². The number of hydrogen-bond donors (Lipinski definition) is 1. The van der Waals surface area contributed by atoms with Crippen LogP contribution < -0.4 is 4.90 Å². The van der Waals surface area contributed by atoms with Gasteiger partial charge in [-0.05, 0) is 43.5 Å². The van der Waals surface area contributed by atoms with Crippen LogP contribution in [0, 0.1) is 11.7 Å². The molecule has 2 saturated heterocycles. The van der Waals surface area contributed by atoms with Gasteiger partial charge in [0.2, 0.25) is 0 Å². The third kappa shape index (κ3) is 3.59. The van der Waals surface area contributed by atoms with Crippen LogP contribution in [0.3, 0.4) is 0 Å². The average molecular weight is 381 g/mol. The number of fused-ring (bicyclic) bond motifs is 2. The Kier molecular flexibility index (Phi) is 4.91. The molecule has 0 bridgehead atoms. The number of piperazine rings is 1. The molecule has 2 fully saturated rings. The Morgan fingerprint density at radius 1 is 1.07 bits per heavy atom. The molecule has 1 aromatic heterocycles. The molecule has 5 nitrogen and oxygen atoms in total. The molecule has 2 aliphatic heterocycles. The topological polar surface area (TPSA) is 38.4 Å². The van der Waals surface area contributed by atoms with Crippen molar-refractivity contribution in [2.24, 2.45) is 5.92 Å². The Bertz CT molecular complexity index is 893. The number of anilines is 1. The number of allylic oxidation sites excluding steroid dienone is 3. The van der Waals surface area contributed by atoms with Crippen molar-refractivity contribution in [2.75, 3.05) is 57.3 Å². The van der Waals surface area contributed by atoms with Crippen molar-refractivity contribution in [3.05, 3.63) is 47.8 Å². The molecular formula is C22H28FN5. The van der Waals surface area contributed by atoms with Gasteiger partial charge in [-0.25, -0.2) is 4.39 Å². The molecule has 1 unspecified atom stereocenters. The second kappa shape index (κ2) is 7.68. The third-order valence-electron chi connectivity index (χ3n) is 6.50. The molecule has 0 radical (unpaired) electrons. The summed E-state index contributed by atoms with van der Waals surface area (Å²) in [7, 11) is 0. The quantitative estimate of drug-likeness (QED) is 0.884. The number of aromatic nitrogens is 2. The molecule has 2 aromatic rings. The van der Waals surface area contributed by atoms with Gasteiger partial charge >= 0.3 is 0 Å². The smallest absolute Gasteiger partial charge is 0.158 e. The van der Waals surface area contributed by atoms with Crippen LogP contribution in [0.5, 0.6) is 0 Å². The molecule has 1 N–H and O–H groups in total. The van der Waals surface area contributed by atoms with Crippen molar-refractivity contribution < 1.29 is 4.39 Å². The summed E-state index contributed by atoms with van der Waals surface area (Å²) in [6, 6.07) is 4.86. The molecular weight excluding hydrogens is 353 g/mol. The van der Waals surface area contributed by atoms with E-state index in [0.717, 1.165) is 68.5 Å². The van der Waals surface area contributed by atoms with Gasteiger partial charge in [-0.1, -0.05) is 23.8 Å². The minimum absolute atomic E-state index is 0.225. The number of H-pyrrole nitrogens is 1. The number of piperidine rings is 1. The van der Waals surface area contributed by atoms with E-state index in [1.54, 1.807) is 5.57 Å². The monoisotopic (exact) mass is 381 g/mol. The molecule has 0 spiro atoms. The van der Waals surface area contributed by atoms with Crippen molar-refractivity contribution in [2.45, 2.75) is 12.8 Å². The first-order valence-corrected chi connectivity index (χ1v) is 10.4. The Labute approximate surface area is 165 Å². The van der Waals surface area contributed by atoms with Gasteiger partial charge in [-0.3, -0.25) is 14.9 Å². The van der Waals surface area contributed by atoms with E-state index in [0.29, 0.717) is 0 Å². The number of rotatable bonds is 4. The fourth-order valence-corrected chi connectivity index (χ4v) is 4.76. The fourth-order valence-electron chi connectivity index (χ4n) is 4.76. The summed E-state index contributed by atoms with van der Waals surface area (Å²) in [5.74, 6) is 1.52. The van der Waals surface area contributed by atoms with Crippen LogP contribution in [0.4, 0.5) is 10.2 Å².